The van der Waals surface area contributed by atoms with Crippen LogP contribution in [0.25, 0.3) is 17.0 Å². The largest absolute Gasteiger partial charge is 0.478 e. The second-order valence-electron chi connectivity index (χ2n) is 3.84. The van der Waals surface area contributed by atoms with Crippen molar-refractivity contribution in [3.05, 3.63) is 47.7 Å². The van der Waals surface area contributed by atoms with E-state index in [0.29, 0.717) is 11.1 Å². The van der Waals surface area contributed by atoms with Crippen molar-refractivity contribution in [3.63, 3.8) is 0 Å². The number of carbonyl (C=O) groups is 2. The van der Waals surface area contributed by atoms with Crippen molar-refractivity contribution in [1.29, 1.82) is 0 Å². The molecule has 0 bridgehead atoms. The Bertz CT molecular complexity index is 638. The molecule has 0 spiro atoms. The van der Waals surface area contributed by atoms with E-state index in [4.69, 9.17) is 5.11 Å². The van der Waals surface area contributed by atoms with Gasteiger partial charge >= 0.3 is 5.97 Å². The third-order valence-corrected chi connectivity index (χ3v) is 2.57. The zero-order valence-electron chi connectivity index (χ0n) is 9.75. The molecule has 0 radical (unpaired) electrons. The van der Waals surface area contributed by atoms with Crippen molar-refractivity contribution >= 4 is 28.7 Å². The number of hydrogen-bond donors (Lipinski definition) is 1. The zero-order valence-corrected chi connectivity index (χ0v) is 9.75. The Morgan fingerprint density at radius 3 is 2.61 bits per heavy atom. The summed E-state index contributed by atoms with van der Waals surface area (Å²) in [5, 5.41) is 9.87. The van der Waals surface area contributed by atoms with Crippen molar-refractivity contribution in [1.82, 2.24) is 4.98 Å². The number of Topliss-reactive ketones (excluding diaryl/α,β-unsaturated/α-hetero) is 1. The summed E-state index contributed by atoms with van der Waals surface area (Å²) in [6, 6.07) is 9.11. The number of ketones is 1. The number of rotatable bonds is 3. The fraction of sp³-hybridized carbons (Fsp3) is 0.0714. The molecule has 1 aromatic carbocycles. The highest BCUT2D eigenvalue weighted by Gasteiger charge is 2.13. The molecule has 1 N–H and O–H groups in total. The van der Waals surface area contributed by atoms with Crippen LogP contribution in [-0.4, -0.2) is 21.8 Å². The first-order valence-corrected chi connectivity index (χ1v) is 5.39. The van der Waals surface area contributed by atoms with Gasteiger partial charge in [-0.25, -0.2) is 4.79 Å². The normalized spacial score (nSPS) is 11.5. The fourth-order valence-corrected chi connectivity index (χ4v) is 1.71. The average Bonchev–Trinajstić information content (AvgIpc) is 2.35. The predicted molar refractivity (Wildman–Crippen MR) is 68.0 cm³/mol. The minimum atomic E-state index is -1.23. The molecule has 0 fully saturated rings. The van der Waals surface area contributed by atoms with E-state index in [1.165, 1.54) is 13.0 Å². The number of benzene rings is 1. The average molecular weight is 241 g/mol. The number of pyridine rings is 1. The number of aliphatic carboxylic acids is 1. The minimum absolute atomic E-state index is 0.242. The van der Waals surface area contributed by atoms with Crippen LogP contribution in [0.5, 0.6) is 0 Å². The summed E-state index contributed by atoms with van der Waals surface area (Å²) in [5.41, 5.74) is 1.06. The van der Waals surface area contributed by atoms with Crippen LogP contribution in [0.15, 0.2) is 42.1 Å². The highest BCUT2D eigenvalue weighted by molar-refractivity contribution is 6.19. The standard InChI is InChI=1S/C14H11NO3/c1-9(16)12(14(17)18)8-11-5-2-4-10-6-3-7-15-13(10)11/h2-8H,1H3,(H,17,18)/b12-8-. The number of aromatic nitrogens is 1. The van der Waals surface area contributed by atoms with Crippen LogP contribution in [-0.2, 0) is 9.59 Å². The van der Waals surface area contributed by atoms with E-state index in [-0.39, 0.29) is 5.57 Å². The monoisotopic (exact) mass is 241 g/mol. The van der Waals surface area contributed by atoms with Crippen LogP contribution in [0, 0.1) is 0 Å². The lowest BCUT2D eigenvalue weighted by Crippen LogP contribution is -2.08. The number of carbonyl (C=O) groups excluding carboxylic acids is 1. The van der Waals surface area contributed by atoms with Crippen molar-refractivity contribution in [3.8, 4) is 0 Å². The van der Waals surface area contributed by atoms with Gasteiger partial charge in [0, 0.05) is 17.1 Å². The summed E-state index contributed by atoms with van der Waals surface area (Å²) in [6.07, 6.45) is 2.99. The molecule has 1 aromatic heterocycles. The van der Waals surface area contributed by atoms with Gasteiger partial charge in [0.05, 0.1) is 5.52 Å². The molecule has 0 unspecified atom stereocenters. The molecule has 0 atom stereocenters. The Balaban J connectivity index is 2.64. The number of carboxylic acids is 1. The number of hydrogen-bond acceptors (Lipinski definition) is 3. The van der Waals surface area contributed by atoms with E-state index >= 15 is 0 Å². The SMILES string of the molecule is CC(=O)/C(=C/c1cccc2cccnc12)C(=O)O. The first kappa shape index (κ1) is 12.0. The summed E-state index contributed by atoms with van der Waals surface area (Å²) in [7, 11) is 0. The molecule has 18 heavy (non-hydrogen) atoms. The highest BCUT2D eigenvalue weighted by atomic mass is 16.4. The number of fused-ring (bicyclic) bond motifs is 1. The molecular formula is C14H11NO3. The maximum atomic E-state index is 11.3. The van der Waals surface area contributed by atoms with Gasteiger partial charge in [-0.15, -0.1) is 0 Å². The van der Waals surface area contributed by atoms with E-state index in [9.17, 15) is 9.59 Å². The topological polar surface area (TPSA) is 67.3 Å². The molecule has 0 aliphatic heterocycles. The molecule has 0 aliphatic carbocycles. The van der Waals surface area contributed by atoms with Gasteiger partial charge in [-0.1, -0.05) is 24.3 Å². The molecule has 0 saturated carbocycles. The Morgan fingerprint density at radius 2 is 1.94 bits per heavy atom. The first-order valence-electron chi connectivity index (χ1n) is 5.39. The van der Waals surface area contributed by atoms with Crippen LogP contribution in [0.4, 0.5) is 0 Å². The molecule has 0 aliphatic rings. The van der Waals surface area contributed by atoms with Gasteiger partial charge in [0.2, 0.25) is 0 Å². The zero-order chi connectivity index (χ0) is 13.1. The summed E-state index contributed by atoms with van der Waals surface area (Å²) in [5.74, 6) is -1.70. The van der Waals surface area contributed by atoms with Gasteiger partial charge in [0.25, 0.3) is 0 Å². The lowest BCUT2D eigenvalue weighted by Gasteiger charge is -2.02. The van der Waals surface area contributed by atoms with Crippen molar-refractivity contribution in [2.24, 2.45) is 0 Å². The first-order chi connectivity index (χ1) is 8.59. The molecule has 4 heteroatoms. The Hall–Kier alpha value is -2.49. The van der Waals surface area contributed by atoms with Crippen LogP contribution in [0.3, 0.4) is 0 Å². The third kappa shape index (κ3) is 2.27. The summed E-state index contributed by atoms with van der Waals surface area (Å²) < 4.78 is 0. The highest BCUT2D eigenvalue weighted by Crippen LogP contribution is 2.18. The van der Waals surface area contributed by atoms with Crippen LogP contribution >= 0.6 is 0 Å². The smallest absolute Gasteiger partial charge is 0.339 e. The molecule has 2 aromatic rings. The molecule has 4 nitrogen and oxygen atoms in total. The summed E-state index contributed by atoms with van der Waals surface area (Å²) in [6.45, 7) is 1.23. The summed E-state index contributed by atoms with van der Waals surface area (Å²) in [4.78, 5) is 26.4. The minimum Gasteiger partial charge on any atom is -0.478 e. The predicted octanol–water partition coefficient (Wildman–Crippen LogP) is 2.29. The fourth-order valence-electron chi connectivity index (χ4n) is 1.71. The molecule has 0 saturated heterocycles. The van der Waals surface area contributed by atoms with Crippen LogP contribution in [0.2, 0.25) is 0 Å². The van der Waals surface area contributed by atoms with Crippen LogP contribution in [0.1, 0.15) is 12.5 Å². The number of para-hydroxylation sites is 1. The second kappa shape index (κ2) is 4.79. The van der Waals surface area contributed by atoms with Gasteiger partial charge in [0.15, 0.2) is 5.78 Å². The second-order valence-corrected chi connectivity index (χ2v) is 3.84. The molecule has 2 rings (SSSR count). The van der Waals surface area contributed by atoms with Crippen molar-refractivity contribution in [2.75, 3.05) is 0 Å². The molecular weight excluding hydrogens is 230 g/mol. The van der Waals surface area contributed by atoms with E-state index in [0.717, 1.165) is 5.39 Å². The van der Waals surface area contributed by atoms with Crippen molar-refractivity contribution < 1.29 is 14.7 Å². The molecule has 0 amide bonds. The van der Waals surface area contributed by atoms with E-state index < -0.39 is 11.8 Å². The Morgan fingerprint density at radius 1 is 1.22 bits per heavy atom. The number of carboxylic acid groups (broad SMARTS) is 1. The number of nitrogens with zero attached hydrogens (tertiary/aromatic N) is 1. The molecule has 90 valence electrons. The van der Waals surface area contributed by atoms with Gasteiger partial charge in [0.1, 0.15) is 5.57 Å². The van der Waals surface area contributed by atoms with Gasteiger partial charge < -0.3 is 5.11 Å². The molecule has 1 heterocycles. The Labute approximate surface area is 104 Å². The van der Waals surface area contributed by atoms with Gasteiger partial charge in [-0.05, 0) is 19.1 Å². The quantitative estimate of drug-likeness (QED) is 0.508. The van der Waals surface area contributed by atoms with E-state index in [1.54, 1.807) is 24.4 Å². The lowest BCUT2D eigenvalue weighted by molar-refractivity contribution is -0.134. The van der Waals surface area contributed by atoms with E-state index in [2.05, 4.69) is 4.98 Å². The van der Waals surface area contributed by atoms with Gasteiger partial charge in [-0.2, -0.15) is 0 Å². The van der Waals surface area contributed by atoms with E-state index in [1.807, 2.05) is 12.1 Å². The lowest BCUT2D eigenvalue weighted by atomic mass is 10.0. The summed E-state index contributed by atoms with van der Waals surface area (Å²) >= 11 is 0. The van der Waals surface area contributed by atoms with Crippen molar-refractivity contribution in [2.45, 2.75) is 6.92 Å². The van der Waals surface area contributed by atoms with Gasteiger partial charge in [-0.3, -0.25) is 9.78 Å². The maximum Gasteiger partial charge on any atom is 0.339 e. The Kier molecular flexibility index (Phi) is 3.19. The maximum absolute atomic E-state index is 11.3. The third-order valence-electron chi connectivity index (χ3n) is 2.57. The van der Waals surface area contributed by atoms with Crippen LogP contribution < -0.4 is 0 Å².